The summed E-state index contributed by atoms with van der Waals surface area (Å²) in [6, 6.07) is 13.0. The van der Waals surface area contributed by atoms with Gasteiger partial charge < -0.3 is 8.97 Å². The second-order valence-corrected chi connectivity index (χ2v) is 13.6. The van der Waals surface area contributed by atoms with Gasteiger partial charge in [-0.25, -0.2) is 0 Å². The highest BCUT2D eigenvalue weighted by molar-refractivity contribution is 5.86. The van der Waals surface area contributed by atoms with Crippen LogP contribution in [0.25, 0.3) is 0 Å². The van der Waals surface area contributed by atoms with Gasteiger partial charge in [0.1, 0.15) is 12.1 Å². The molecule has 2 aliphatic heterocycles. The number of nitrogens with zero attached hydrogens (tertiary/aromatic N) is 2. The van der Waals surface area contributed by atoms with Crippen LogP contribution in [0.15, 0.2) is 36.4 Å². The Morgan fingerprint density at radius 1 is 0.558 bits per heavy atom. The second kappa shape index (κ2) is 16.1. The molecule has 4 nitrogen and oxygen atoms in total. The number of piperidine rings is 1. The highest BCUT2D eigenvalue weighted by Crippen LogP contribution is 2.29. The zero-order chi connectivity index (χ0) is 31.6. The van der Waals surface area contributed by atoms with Crippen molar-refractivity contribution < 1.29 is 18.6 Å². The van der Waals surface area contributed by atoms with Crippen LogP contribution in [0.3, 0.4) is 0 Å². The summed E-state index contributed by atoms with van der Waals surface area (Å²) in [5, 5.41) is 0. The fraction of sp³-hybridized carbons (Fsp3) is 0.641. The molecule has 238 valence electrons. The van der Waals surface area contributed by atoms with Crippen molar-refractivity contribution in [1.29, 1.82) is 0 Å². The summed E-state index contributed by atoms with van der Waals surface area (Å²) in [7, 11) is 0. The quantitative estimate of drug-likeness (QED) is 0.235. The molecule has 2 unspecified atom stereocenters. The Bertz CT molecular complexity index is 1160. The van der Waals surface area contributed by atoms with Gasteiger partial charge in [0.25, 0.3) is 0 Å². The SMILES string of the molecule is CCC(C(=O)Cc1c(C)cccc1C)[N+]1(CC)CCCC1.CCC(C(=O)Cc1c(C)cccc1C)[N+]1(CC)CCCCC1. The van der Waals surface area contributed by atoms with Crippen molar-refractivity contribution in [3.63, 3.8) is 0 Å². The van der Waals surface area contributed by atoms with Crippen molar-refractivity contribution in [2.45, 2.75) is 125 Å². The van der Waals surface area contributed by atoms with Crippen LogP contribution in [0, 0.1) is 27.7 Å². The molecule has 0 amide bonds. The Morgan fingerprint density at radius 3 is 1.14 bits per heavy atom. The fourth-order valence-corrected chi connectivity index (χ4v) is 8.48. The minimum atomic E-state index is 0.185. The lowest BCUT2D eigenvalue weighted by Gasteiger charge is -2.46. The molecule has 2 aliphatic rings. The summed E-state index contributed by atoms with van der Waals surface area (Å²) in [6.07, 6.45) is 9.61. The number of hydrogen-bond acceptors (Lipinski definition) is 2. The largest absolute Gasteiger partial charge is 0.315 e. The first-order valence-electron chi connectivity index (χ1n) is 17.4. The standard InChI is InChI=1S/C20H32NO.C19H30NO/c1-5-19(21(6-2)13-8-7-9-14-21)20(22)15-18-16(3)11-10-12-17(18)4;1-5-18(20(6-2)12-7-8-13-20)19(21)14-17-15(3)10-9-11-16(17)4/h10-12,19H,5-9,13-15H2,1-4H3;9-11,18H,5-8,12-14H2,1-4H3/q2*+1. The number of quaternary nitrogens is 2. The molecular weight excluding hydrogens is 528 g/mol. The Morgan fingerprint density at radius 2 is 0.860 bits per heavy atom. The topological polar surface area (TPSA) is 34.1 Å². The van der Waals surface area contributed by atoms with Crippen LogP contribution in [0.4, 0.5) is 0 Å². The van der Waals surface area contributed by atoms with Crippen molar-refractivity contribution in [3.8, 4) is 0 Å². The number of likely N-dealkylation sites (N-methyl/N-ethyl adjacent to an activating group) is 2. The predicted octanol–water partition coefficient (Wildman–Crippen LogP) is 8.04. The number of rotatable bonds is 12. The molecule has 4 heteroatoms. The number of aryl methyl sites for hydroxylation is 4. The van der Waals surface area contributed by atoms with E-state index < -0.39 is 0 Å². The van der Waals surface area contributed by atoms with Gasteiger partial charge in [-0.1, -0.05) is 50.2 Å². The highest BCUT2D eigenvalue weighted by atomic mass is 16.1. The molecule has 2 heterocycles. The lowest BCUT2D eigenvalue weighted by molar-refractivity contribution is -0.945. The number of likely N-dealkylation sites (tertiary alicyclic amines) is 2. The van der Waals surface area contributed by atoms with Crippen molar-refractivity contribution in [2.75, 3.05) is 39.3 Å². The average molecular weight is 591 g/mol. The Hall–Kier alpha value is -2.30. The van der Waals surface area contributed by atoms with Gasteiger partial charge in [0, 0.05) is 38.5 Å². The van der Waals surface area contributed by atoms with Crippen LogP contribution in [-0.2, 0) is 22.4 Å². The summed E-state index contributed by atoms with van der Waals surface area (Å²) in [4.78, 5) is 26.1. The maximum atomic E-state index is 13.1. The van der Waals surface area contributed by atoms with Crippen LogP contribution in [0.5, 0.6) is 0 Å². The zero-order valence-corrected chi connectivity index (χ0v) is 28.9. The number of ketones is 2. The molecule has 2 aromatic rings. The minimum Gasteiger partial charge on any atom is -0.315 e. The van der Waals surface area contributed by atoms with E-state index in [1.54, 1.807) is 0 Å². The first-order chi connectivity index (χ1) is 20.6. The van der Waals surface area contributed by atoms with E-state index in [9.17, 15) is 9.59 Å². The average Bonchev–Trinajstić information content (AvgIpc) is 3.48. The second-order valence-electron chi connectivity index (χ2n) is 13.6. The van der Waals surface area contributed by atoms with Gasteiger partial charge in [-0.05, 0) is 94.2 Å². The van der Waals surface area contributed by atoms with Crippen molar-refractivity contribution >= 4 is 11.6 Å². The highest BCUT2D eigenvalue weighted by Gasteiger charge is 2.42. The van der Waals surface area contributed by atoms with Gasteiger partial charge in [0.15, 0.2) is 11.6 Å². The van der Waals surface area contributed by atoms with E-state index in [0.717, 1.165) is 34.9 Å². The molecule has 2 aromatic carbocycles. The first-order valence-corrected chi connectivity index (χ1v) is 17.4. The summed E-state index contributed by atoms with van der Waals surface area (Å²) >= 11 is 0. The molecule has 2 atom stereocenters. The lowest BCUT2D eigenvalue weighted by Crippen LogP contribution is -2.60. The summed E-state index contributed by atoms with van der Waals surface area (Å²) in [5.74, 6) is 0.891. The predicted molar refractivity (Wildman–Crippen MR) is 182 cm³/mol. The number of benzene rings is 2. The Labute approximate surface area is 264 Å². The molecule has 0 aromatic heterocycles. The zero-order valence-electron chi connectivity index (χ0n) is 28.9. The smallest absolute Gasteiger partial charge is 0.194 e. The molecule has 2 saturated heterocycles. The van der Waals surface area contributed by atoms with Crippen molar-refractivity contribution in [3.05, 3.63) is 69.8 Å². The van der Waals surface area contributed by atoms with Gasteiger partial charge in [-0.3, -0.25) is 9.59 Å². The maximum Gasteiger partial charge on any atom is 0.194 e. The molecule has 43 heavy (non-hydrogen) atoms. The van der Waals surface area contributed by atoms with Gasteiger partial charge in [-0.2, -0.15) is 0 Å². The Kier molecular flexibility index (Phi) is 13.2. The van der Waals surface area contributed by atoms with E-state index in [-0.39, 0.29) is 12.1 Å². The van der Waals surface area contributed by atoms with Crippen LogP contribution < -0.4 is 0 Å². The maximum absolute atomic E-state index is 13.1. The molecule has 2 fully saturated rings. The van der Waals surface area contributed by atoms with E-state index in [0.29, 0.717) is 24.4 Å². The monoisotopic (exact) mass is 590 g/mol. The lowest BCUT2D eigenvalue weighted by atomic mass is 9.91. The van der Waals surface area contributed by atoms with E-state index >= 15 is 0 Å². The third-order valence-electron chi connectivity index (χ3n) is 11.3. The molecule has 0 spiro atoms. The number of carbonyl (C=O) groups excluding carboxylic acids is 2. The van der Waals surface area contributed by atoms with E-state index in [2.05, 4.69) is 91.8 Å². The van der Waals surface area contributed by atoms with E-state index in [4.69, 9.17) is 0 Å². The third kappa shape index (κ3) is 8.25. The summed E-state index contributed by atoms with van der Waals surface area (Å²) < 4.78 is 2.06. The summed E-state index contributed by atoms with van der Waals surface area (Å²) in [5.41, 5.74) is 7.51. The number of hydrogen-bond donors (Lipinski definition) is 0. The van der Waals surface area contributed by atoms with Crippen molar-refractivity contribution in [1.82, 2.24) is 0 Å². The fourth-order valence-electron chi connectivity index (χ4n) is 8.48. The molecular formula is C39H62N2O2+2. The van der Waals surface area contributed by atoms with E-state index in [1.807, 2.05) is 0 Å². The van der Waals surface area contributed by atoms with Gasteiger partial charge in [0.2, 0.25) is 0 Å². The molecule has 4 rings (SSSR count). The van der Waals surface area contributed by atoms with Gasteiger partial charge >= 0.3 is 0 Å². The number of Topliss-reactive ketones (excluding diaryl/α,β-unsaturated/α-hetero) is 2. The first kappa shape index (κ1) is 35.2. The molecule has 0 aliphatic carbocycles. The number of carbonyl (C=O) groups is 2. The van der Waals surface area contributed by atoms with Crippen LogP contribution >= 0.6 is 0 Å². The Balaban J connectivity index is 0.000000236. The molecule has 0 saturated carbocycles. The van der Waals surface area contributed by atoms with Crippen LogP contribution in [0.1, 0.15) is 106 Å². The van der Waals surface area contributed by atoms with Crippen LogP contribution in [-0.4, -0.2) is 71.9 Å². The summed E-state index contributed by atoms with van der Waals surface area (Å²) in [6.45, 7) is 24.3. The third-order valence-corrected chi connectivity index (χ3v) is 11.3. The normalized spacial score (nSPS) is 18.8. The molecule has 0 N–H and O–H groups in total. The van der Waals surface area contributed by atoms with Gasteiger partial charge in [0.05, 0.1) is 39.3 Å². The van der Waals surface area contributed by atoms with Crippen LogP contribution in [0.2, 0.25) is 0 Å². The molecule has 0 radical (unpaired) electrons. The molecule has 0 bridgehead atoms. The van der Waals surface area contributed by atoms with Gasteiger partial charge in [-0.15, -0.1) is 0 Å². The van der Waals surface area contributed by atoms with Crippen molar-refractivity contribution in [2.24, 2.45) is 0 Å². The van der Waals surface area contributed by atoms with E-state index in [1.165, 1.54) is 91.7 Å². The minimum absolute atomic E-state index is 0.185.